The first-order chi connectivity index (χ1) is 8.80. The number of halogens is 3. The number of benzene rings is 1. The Morgan fingerprint density at radius 3 is 2.42 bits per heavy atom. The van der Waals surface area contributed by atoms with Crippen molar-refractivity contribution in [1.29, 1.82) is 0 Å². The van der Waals surface area contributed by atoms with E-state index in [1.54, 1.807) is 6.92 Å². The zero-order valence-electron chi connectivity index (χ0n) is 9.99. The molecule has 0 bridgehead atoms. The standard InChI is InChI=1S/C11H13F3N2O2S/c1-7(6-17)15-10(18)16-8-2-4-9(5-3-8)19-11(12,13)14/h2-5,7,17H,6H2,1H3,(H2,15,16,18). The van der Waals surface area contributed by atoms with Crippen LogP contribution in [0.2, 0.25) is 0 Å². The van der Waals surface area contributed by atoms with E-state index in [0.29, 0.717) is 5.69 Å². The number of alkyl halides is 3. The minimum Gasteiger partial charge on any atom is -0.394 e. The van der Waals surface area contributed by atoms with E-state index in [0.717, 1.165) is 0 Å². The molecule has 0 aliphatic rings. The Labute approximate surface area is 112 Å². The maximum Gasteiger partial charge on any atom is 0.446 e. The van der Waals surface area contributed by atoms with Crippen LogP contribution in [0, 0.1) is 0 Å². The van der Waals surface area contributed by atoms with Crippen LogP contribution in [0.15, 0.2) is 29.2 Å². The molecule has 0 heterocycles. The largest absolute Gasteiger partial charge is 0.446 e. The van der Waals surface area contributed by atoms with Crippen LogP contribution in [0.3, 0.4) is 0 Å². The van der Waals surface area contributed by atoms with Crippen molar-refractivity contribution in [2.24, 2.45) is 0 Å². The maximum atomic E-state index is 12.1. The molecule has 1 aromatic rings. The smallest absolute Gasteiger partial charge is 0.394 e. The lowest BCUT2D eigenvalue weighted by Gasteiger charge is -2.12. The SMILES string of the molecule is CC(CO)NC(=O)Nc1ccc(SC(F)(F)F)cc1. The highest BCUT2D eigenvalue weighted by Gasteiger charge is 2.28. The fourth-order valence-corrected chi connectivity index (χ4v) is 1.72. The van der Waals surface area contributed by atoms with Gasteiger partial charge in [0, 0.05) is 10.6 Å². The van der Waals surface area contributed by atoms with E-state index in [9.17, 15) is 18.0 Å². The summed E-state index contributed by atoms with van der Waals surface area (Å²) < 4.78 is 36.3. The van der Waals surface area contributed by atoms with Crippen LogP contribution in [0.1, 0.15) is 6.92 Å². The van der Waals surface area contributed by atoms with Gasteiger partial charge < -0.3 is 15.7 Å². The van der Waals surface area contributed by atoms with Gasteiger partial charge in [0.1, 0.15) is 0 Å². The number of anilines is 1. The van der Waals surface area contributed by atoms with E-state index in [1.807, 2.05) is 0 Å². The predicted molar refractivity (Wildman–Crippen MR) is 67.1 cm³/mol. The maximum absolute atomic E-state index is 12.1. The van der Waals surface area contributed by atoms with Gasteiger partial charge in [0.05, 0.1) is 12.6 Å². The summed E-state index contributed by atoms with van der Waals surface area (Å²) in [6.07, 6.45) is 0. The highest BCUT2D eigenvalue weighted by atomic mass is 32.2. The van der Waals surface area contributed by atoms with E-state index in [4.69, 9.17) is 5.11 Å². The zero-order valence-corrected chi connectivity index (χ0v) is 10.8. The fraction of sp³-hybridized carbons (Fsp3) is 0.364. The molecule has 106 valence electrons. The molecule has 3 N–H and O–H groups in total. The summed E-state index contributed by atoms with van der Waals surface area (Å²) in [6, 6.07) is 4.35. The van der Waals surface area contributed by atoms with Gasteiger partial charge in [0.2, 0.25) is 0 Å². The summed E-state index contributed by atoms with van der Waals surface area (Å²) in [5.74, 6) is 0. The minimum absolute atomic E-state index is 0.0437. The van der Waals surface area contributed by atoms with Crippen LogP contribution in [0.5, 0.6) is 0 Å². The Morgan fingerprint density at radius 1 is 1.37 bits per heavy atom. The minimum atomic E-state index is -4.33. The van der Waals surface area contributed by atoms with Crippen molar-refractivity contribution in [3.63, 3.8) is 0 Å². The summed E-state index contributed by atoms with van der Waals surface area (Å²) in [5, 5.41) is 13.6. The Morgan fingerprint density at radius 2 is 1.95 bits per heavy atom. The van der Waals surface area contributed by atoms with Crippen molar-refractivity contribution in [3.8, 4) is 0 Å². The number of amides is 2. The predicted octanol–water partition coefficient (Wildman–Crippen LogP) is 2.80. The molecule has 1 rings (SSSR count). The summed E-state index contributed by atoms with van der Waals surface area (Å²) in [5.41, 5.74) is -3.96. The molecule has 0 radical (unpaired) electrons. The van der Waals surface area contributed by atoms with Crippen LogP contribution < -0.4 is 10.6 Å². The zero-order chi connectivity index (χ0) is 14.5. The van der Waals surface area contributed by atoms with Crippen molar-refractivity contribution < 1.29 is 23.1 Å². The van der Waals surface area contributed by atoms with Crippen molar-refractivity contribution in [1.82, 2.24) is 5.32 Å². The summed E-state index contributed by atoms with van der Waals surface area (Å²) in [4.78, 5) is 11.4. The Bertz CT molecular complexity index is 423. The molecule has 1 atom stereocenters. The first kappa shape index (κ1) is 15.6. The molecule has 2 amide bonds. The number of aliphatic hydroxyl groups excluding tert-OH is 1. The Kier molecular flexibility index (Phi) is 5.49. The fourth-order valence-electron chi connectivity index (χ4n) is 1.18. The molecule has 0 aromatic heterocycles. The van der Waals surface area contributed by atoms with Crippen molar-refractivity contribution in [2.75, 3.05) is 11.9 Å². The Balaban J connectivity index is 2.55. The molecule has 1 unspecified atom stereocenters. The third kappa shape index (κ3) is 6.35. The van der Waals surface area contributed by atoms with E-state index >= 15 is 0 Å². The number of carbonyl (C=O) groups excluding carboxylic acids is 1. The first-order valence-electron chi connectivity index (χ1n) is 5.34. The number of hydrogen-bond donors (Lipinski definition) is 3. The summed E-state index contributed by atoms with van der Waals surface area (Å²) in [6.45, 7) is 1.41. The average molecular weight is 294 g/mol. The molecule has 0 saturated carbocycles. The van der Waals surface area contributed by atoms with Crippen LogP contribution >= 0.6 is 11.8 Å². The Hall–Kier alpha value is -1.41. The van der Waals surface area contributed by atoms with Gasteiger partial charge >= 0.3 is 11.5 Å². The van der Waals surface area contributed by atoms with Crippen molar-refractivity contribution >= 4 is 23.5 Å². The third-order valence-electron chi connectivity index (χ3n) is 2.00. The number of carbonyl (C=O) groups is 1. The molecule has 1 aromatic carbocycles. The summed E-state index contributed by atoms with van der Waals surface area (Å²) in [7, 11) is 0. The molecular weight excluding hydrogens is 281 g/mol. The first-order valence-corrected chi connectivity index (χ1v) is 6.16. The molecule has 0 fully saturated rings. The molecule has 0 aliphatic heterocycles. The second kappa shape index (κ2) is 6.67. The van der Waals surface area contributed by atoms with Gasteiger partial charge in [-0.2, -0.15) is 13.2 Å². The monoisotopic (exact) mass is 294 g/mol. The topological polar surface area (TPSA) is 61.4 Å². The number of thioether (sulfide) groups is 1. The molecule has 4 nitrogen and oxygen atoms in total. The third-order valence-corrected chi connectivity index (χ3v) is 2.74. The molecule has 0 aliphatic carbocycles. The van der Waals surface area contributed by atoms with Gasteiger partial charge in [0.25, 0.3) is 0 Å². The molecule has 19 heavy (non-hydrogen) atoms. The molecular formula is C11H13F3N2O2S. The van der Waals surface area contributed by atoms with Crippen LogP contribution in [0.4, 0.5) is 23.7 Å². The van der Waals surface area contributed by atoms with E-state index in [2.05, 4.69) is 10.6 Å². The number of urea groups is 1. The van der Waals surface area contributed by atoms with Gasteiger partial charge in [0.15, 0.2) is 0 Å². The summed E-state index contributed by atoms with van der Waals surface area (Å²) >= 11 is -0.219. The second-order valence-corrected chi connectivity index (χ2v) is 4.89. The van der Waals surface area contributed by atoms with E-state index < -0.39 is 17.6 Å². The quantitative estimate of drug-likeness (QED) is 0.748. The average Bonchev–Trinajstić information content (AvgIpc) is 2.29. The van der Waals surface area contributed by atoms with Crippen molar-refractivity contribution in [3.05, 3.63) is 24.3 Å². The van der Waals surface area contributed by atoms with Gasteiger partial charge in [-0.15, -0.1) is 0 Å². The van der Waals surface area contributed by atoms with Crippen molar-refractivity contribution in [2.45, 2.75) is 23.4 Å². The van der Waals surface area contributed by atoms with Gasteiger partial charge in [-0.3, -0.25) is 0 Å². The number of aliphatic hydroxyl groups is 1. The van der Waals surface area contributed by atoms with Crippen LogP contribution in [0.25, 0.3) is 0 Å². The lowest BCUT2D eigenvalue weighted by atomic mass is 10.3. The van der Waals surface area contributed by atoms with Gasteiger partial charge in [-0.25, -0.2) is 4.79 Å². The lowest BCUT2D eigenvalue weighted by Crippen LogP contribution is -2.38. The highest BCUT2D eigenvalue weighted by Crippen LogP contribution is 2.36. The lowest BCUT2D eigenvalue weighted by molar-refractivity contribution is -0.0328. The number of rotatable bonds is 4. The van der Waals surface area contributed by atoms with E-state index in [-0.39, 0.29) is 23.3 Å². The van der Waals surface area contributed by atoms with Crippen LogP contribution in [-0.2, 0) is 0 Å². The van der Waals surface area contributed by atoms with Crippen LogP contribution in [-0.4, -0.2) is 29.3 Å². The highest BCUT2D eigenvalue weighted by molar-refractivity contribution is 8.00. The second-order valence-electron chi connectivity index (χ2n) is 3.75. The molecule has 8 heteroatoms. The van der Waals surface area contributed by atoms with E-state index in [1.165, 1.54) is 24.3 Å². The normalized spacial score (nSPS) is 12.9. The number of hydrogen-bond acceptors (Lipinski definition) is 3. The molecule has 0 spiro atoms. The number of nitrogens with one attached hydrogen (secondary N) is 2. The molecule has 0 saturated heterocycles. The van der Waals surface area contributed by atoms with Gasteiger partial charge in [-0.1, -0.05) is 0 Å². The van der Waals surface area contributed by atoms with Gasteiger partial charge in [-0.05, 0) is 43.0 Å².